The van der Waals surface area contributed by atoms with Crippen LogP contribution in [0.15, 0.2) is 41.3 Å². The summed E-state index contributed by atoms with van der Waals surface area (Å²) in [5.74, 6) is 0. The summed E-state index contributed by atoms with van der Waals surface area (Å²) >= 11 is 0. The van der Waals surface area contributed by atoms with Gasteiger partial charge < -0.3 is 28.9 Å². The van der Waals surface area contributed by atoms with Gasteiger partial charge in [0.05, 0.1) is 12.7 Å². The number of nitrogens with one attached hydrogen (secondary N) is 1. The number of rotatable bonds is 5. The Bertz CT molecular complexity index is 952. The molecule has 0 aliphatic heterocycles. The summed E-state index contributed by atoms with van der Waals surface area (Å²) in [7, 11) is -15.9. The second-order valence-corrected chi connectivity index (χ2v) is 8.36. The molecular weight excluding hydrogens is 372 g/mol. The van der Waals surface area contributed by atoms with Crippen LogP contribution >= 0.6 is 15.6 Å². The van der Waals surface area contributed by atoms with Crippen LogP contribution in [0, 0.1) is 0 Å². The van der Waals surface area contributed by atoms with Crippen LogP contribution in [0.5, 0.6) is 0 Å². The van der Waals surface area contributed by atoms with Crippen LogP contribution in [0.1, 0.15) is 0 Å². The van der Waals surface area contributed by atoms with Gasteiger partial charge in [0.15, 0.2) is 0 Å². The van der Waals surface area contributed by atoms with Gasteiger partial charge in [-0.05, 0) is 12.1 Å². The normalized spacial score (nSPS) is 15.3. The maximum atomic E-state index is 11.5. The summed E-state index contributed by atoms with van der Waals surface area (Å²) in [6.07, 6.45) is 0. The highest BCUT2D eigenvalue weighted by Crippen LogP contribution is 2.50. The number of phosphoric acid groups is 1. The van der Waals surface area contributed by atoms with Crippen molar-refractivity contribution in [2.24, 2.45) is 0 Å². The molecule has 0 aromatic heterocycles. The summed E-state index contributed by atoms with van der Waals surface area (Å²) < 4.78 is 58.9. The SMILES string of the molecule is O=P([O-])([O-])OP(=O)([O-])Nc1cccc2c(S(=O)(=O)[O-])cccc12. The first kappa shape index (κ1) is 18.1. The second kappa shape index (κ2) is 5.97. The van der Waals surface area contributed by atoms with Crippen LogP contribution in [0.3, 0.4) is 0 Å². The van der Waals surface area contributed by atoms with E-state index >= 15 is 0 Å². The molecule has 0 bridgehead atoms. The predicted octanol–water partition coefficient (Wildman–Crippen LogP) is -0.530. The van der Waals surface area contributed by atoms with Crippen LogP contribution < -0.4 is 19.8 Å². The molecule has 0 saturated heterocycles. The third-order valence-electron chi connectivity index (χ3n) is 2.62. The van der Waals surface area contributed by atoms with E-state index in [1.807, 2.05) is 0 Å². The third kappa shape index (κ3) is 4.60. The number of fused-ring (bicyclic) bond motifs is 1. The summed E-state index contributed by atoms with van der Waals surface area (Å²) in [5, 5.41) is 1.62. The molecule has 1 N–H and O–H groups in total. The lowest BCUT2D eigenvalue weighted by atomic mass is 10.1. The van der Waals surface area contributed by atoms with Gasteiger partial charge in [-0.2, -0.15) is 0 Å². The Kier molecular flexibility index (Phi) is 4.69. The Morgan fingerprint density at radius 2 is 1.52 bits per heavy atom. The number of benzene rings is 2. The fourth-order valence-corrected chi connectivity index (χ4v) is 4.30. The molecule has 0 aliphatic carbocycles. The second-order valence-electron chi connectivity index (χ2n) is 4.25. The van der Waals surface area contributed by atoms with Gasteiger partial charge in [-0.15, -0.1) is 0 Å². The van der Waals surface area contributed by atoms with Crippen LogP contribution in [0.2, 0.25) is 0 Å². The van der Waals surface area contributed by atoms with E-state index in [4.69, 9.17) is 0 Å². The molecule has 0 fully saturated rings. The van der Waals surface area contributed by atoms with Crippen molar-refractivity contribution < 1.29 is 41.1 Å². The van der Waals surface area contributed by atoms with Crippen LogP contribution in [0.4, 0.5) is 5.69 Å². The first-order chi connectivity index (χ1) is 10.4. The molecular formula is C10H7NO9P2S-4. The van der Waals surface area contributed by atoms with E-state index in [1.165, 1.54) is 24.3 Å². The molecule has 1 unspecified atom stereocenters. The lowest BCUT2D eigenvalue weighted by molar-refractivity contribution is -0.337. The Morgan fingerprint density at radius 1 is 0.957 bits per heavy atom. The average Bonchev–Trinajstić information content (AvgIpc) is 2.33. The first-order valence-corrected chi connectivity index (χ1v) is 10.1. The van der Waals surface area contributed by atoms with Crippen molar-refractivity contribution in [2.75, 3.05) is 5.09 Å². The van der Waals surface area contributed by atoms with Crippen molar-refractivity contribution >= 4 is 42.1 Å². The Morgan fingerprint density at radius 3 is 2.09 bits per heavy atom. The quantitative estimate of drug-likeness (QED) is 0.523. The van der Waals surface area contributed by atoms with Crippen molar-refractivity contribution in [3.05, 3.63) is 36.4 Å². The third-order valence-corrected chi connectivity index (χ3v) is 5.69. The zero-order valence-corrected chi connectivity index (χ0v) is 13.5. The zero-order valence-electron chi connectivity index (χ0n) is 10.9. The number of hydrogen-bond donors (Lipinski definition) is 1. The van der Waals surface area contributed by atoms with E-state index in [0.717, 1.165) is 12.1 Å². The summed E-state index contributed by atoms with van der Waals surface area (Å²) in [6.45, 7) is 0. The van der Waals surface area contributed by atoms with E-state index in [1.54, 1.807) is 5.09 Å². The maximum Gasteiger partial charge on any atom is 0.233 e. The fourth-order valence-electron chi connectivity index (χ4n) is 1.90. The van der Waals surface area contributed by atoms with Gasteiger partial charge in [0.2, 0.25) is 7.75 Å². The topological polar surface area (TPSA) is 182 Å². The Balaban J connectivity index is 2.56. The lowest BCUT2D eigenvalue weighted by Crippen LogP contribution is -2.21. The van der Waals surface area contributed by atoms with Gasteiger partial charge in [0, 0.05) is 16.5 Å². The minimum Gasteiger partial charge on any atom is -0.790 e. The molecule has 0 radical (unpaired) electrons. The van der Waals surface area contributed by atoms with Gasteiger partial charge in [-0.25, -0.2) is 8.42 Å². The molecule has 0 aliphatic rings. The molecule has 23 heavy (non-hydrogen) atoms. The van der Waals surface area contributed by atoms with Gasteiger partial charge in [0.1, 0.15) is 10.1 Å². The molecule has 0 spiro atoms. The smallest absolute Gasteiger partial charge is 0.233 e. The largest absolute Gasteiger partial charge is 0.790 e. The van der Waals surface area contributed by atoms with Crippen molar-refractivity contribution in [3.8, 4) is 0 Å². The highest BCUT2D eigenvalue weighted by atomic mass is 32.2. The molecule has 0 saturated carbocycles. The molecule has 13 heteroatoms. The van der Waals surface area contributed by atoms with Gasteiger partial charge in [0.25, 0.3) is 0 Å². The molecule has 0 heterocycles. The minimum absolute atomic E-state index is 0.00395. The molecule has 10 nitrogen and oxygen atoms in total. The van der Waals surface area contributed by atoms with Crippen molar-refractivity contribution in [3.63, 3.8) is 0 Å². The zero-order chi connectivity index (χ0) is 17.5. The minimum atomic E-state index is -5.80. The summed E-state index contributed by atoms with van der Waals surface area (Å²) in [6, 6.07) is 7.17. The monoisotopic (exact) mass is 379 g/mol. The Labute approximate surface area is 130 Å². The van der Waals surface area contributed by atoms with E-state index in [0.29, 0.717) is 0 Å². The van der Waals surface area contributed by atoms with Crippen molar-refractivity contribution in [1.82, 2.24) is 0 Å². The number of hydrogen-bond acceptors (Lipinski definition) is 9. The van der Waals surface area contributed by atoms with Gasteiger partial charge in [-0.3, -0.25) is 8.88 Å². The molecule has 2 rings (SSSR count). The molecule has 2 aromatic carbocycles. The standard InChI is InChI=1S/C10H11NO9P2S/c12-21(13,20-22(14,15)16)11-9-5-1-4-8-7(9)3-2-6-10(8)23(17,18)19/h1-6H,(H2,11,12,13)(H2,14,15,16)(H,17,18,19)/p-4. The maximum absolute atomic E-state index is 11.5. The average molecular weight is 379 g/mol. The Hall–Kier alpha value is -1.29. The number of anilines is 1. The van der Waals surface area contributed by atoms with Crippen molar-refractivity contribution in [1.29, 1.82) is 0 Å². The van der Waals surface area contributed by atoms with Crippen LogP contribution in [0.25, 0.3) is 10.8 Å². The molecule has 0 amide bonds. The van der Waals surface area contributed by atoms with E-state index < -0.39 is 30.6 Å². The van der Waals surface area contributed by atoms with Crippen LogP contribution in [-0.4, -0.2) is 13.0 Å². The van der Waals surface area contributed by atoms with E-state index in [-0.39, 0.29) is 16.5 Å². The van der Waals surface area contributed by atoms with Crippen molar-refractivity contribution in [2.45, 2.75) is 4.90 Å². The highest BCUT2D eigenvalue weighted by Gasteiger charge is 2.14. The first-order valence-electron chi connectivity index (χ1n) is 5.69. The van der Waals surface area contributed by atoms with Gasteiger partial charge >= 0.3 is 0 Å². The van der Waals surface area contributed by atoms with Crippen LogP contribution in [-0.2, 0) is 23.6 Å². The molecule has 1 atom stereocenters. The van der Waals surface area contributed by atoms with E-state index in [2.05, 4.69) is 4.31 Å². The molecule has 126 valence electrons. The summed E-state index contributed by atoms with van der Waals surface area (Å²) in [5.41, 5.74) is -0.264. The molecule has 2 aromatic rings. The summed E-state index contributed by atoms with van der Waals surface area (Å²) in [4.78, 5) is 31.7. The van der Waals surface area contributed by atoms with Gasteiger partial charge in [-0.1, -0.05) is 24.3 Å². The predicted molar refractivity (Wildman–Crippen MR) is 71.8 cm³/mol. The highest BCUT2D eigenvalue weighted by molar-refractivity contribution is 7.86. The van der Waals surface area contributed by atoms with E-state index in [9.17, 15) is 36.8 Å². The fraction of sp³-hybridized carbons (Fsp3) is 0. The lowest BCUT2D eigenvalue weighted by Gasteiger charge is -2.36.